The Morgan fingerprint density at radius 3 is 3.12 bits per heavy atom. The maximum atomic E-state index is 12.4. The molecule has 2 atom stereocenters. The van der Waals surface area contributed by atoms with Crippen LogP contribution in [0.25, 0.3) is 0 Å². The molecule has 140 valence electrons. The predicted octanol–water partition coefficient (Wildman–Crippen LogP) is 4.09. The zero-order valence-electron chi connectivity index (χ0n) is 15.7. The average molecular weight is 374 g/mol. The van der Waals surface area contributed by atoms with E-state index in [2.05, 4.69) is 22.1 Å². The summed E-state index contributed by atoms with van der Waals surface area (Å²) in [4.78, 5) is 19.4. The third-order valence-corrected chi connectivity index (χ3v) is 5.39. The van der Waals surface area contributed by atoms with Crippen LogP contribution < -0.4 is 10.1 Å². The maximum Gasteiger partial charge on any atom is 0.266 e. The molecule has 1 aliphatic heterocycles. The standard InChI is InChI=1S/C20H27N3O2S/c1-14-6-4-8-18(10-14)25-16(3)19(24)22-20-21-17(13-26-20)12-23-9-5-7-15(2)11-23/h4,6,8,10,13,15-16H,5,7,9,11-12H2,1-3H3,(H,21,22,24). The molecule has 2 heterocycles. The summed E-state index contributed by atoms with van der Waals surface area (Å²) in [7, 11) is 0. The van der Waals surface area contributed by atoms with Crippen molar-refractivity contribution in [1.82, 2.24) is 9.88 Å². The fourth-order valence-electron chi connectivity index (χ4n) is 3.25. The Morgan fingerprint density at radius 1 is 1.50 bits per heavy atom. The smallest absolute Gasteiger partial charge is 0.266 e. The van der Waals surface area contributed by atoms with E-state index < -0.39 is 6.10 Å². The molecular weight excluding hydrogens is 346 g/mol. The monoisotopic (exact) mass is 373 g/mol. The number of carbonyl (C=O) groups excluding carboxylic acids is 1. The Bertz CT molecular complexity index is 746. The molecule has 0 bridgehead atoms. The lowest BCUT2D eigenvalue weighted by Gasteiger charge is -2.30. The summed E-state index contributed by atoms with van der Waals surface area (Å²) in [5.74, 6) is 1.27. The van der Waals surface area contributed by atoms with Crippen molar-refractivity contribution in [2.45, 2.75) is 46.3 Å². The van der Waals surface area contributed by atoms with Crippen LogP contribution in [0.1, 0.15) is 37.9 Å². The minimum absolute atomic E-state index is 0.181. The Hall–Kier alpha value is -1.92. The van der Waals surface area contributed by atoms with Gasteiger partial charge in [-0.25, -0.2) is 4.98 Å². The van der Waals surface area contributed by atoms with Crippen molar-refractivity contribution in [2.75, 3.05) is 18.4 Å². The van der Waals surface area contributed by atoms with Crippen LogP contribution in [0, 0.1) is 12.8 Å². The molecule has 2 aromatic rings. The molecular formula is C20H27N3O2S. The summed E-state index contributed by atoms with van der Waals surface area (Å²) in [6.07, 6.45) is 1.99. The van der Waals surface area contributed by atoms with Crippen LogP contribution in [0.15, 0.2) is 29.6 Å². The van der Waals surface area contributed by atoms with Gasteiger partial charge in [-0.15, -0.1) is 11.3 Å². The zero-order chi connectivity index (χ0) is 18.5. The van der Waals surface area contributed by atoms with Gasteiger partial charge in [-0.2, -0.15) is 0 Å². The number of likely N-dealkylation sites (tertiary alicyclic amines) is 1. The van der Waals surface area contributed by atoms with Crippen LogP contribution in [0.5, 0.6) is 5.75 Å². The van der Waals surface area contributed by atoms with Crippen molar-refractivity contribution in [3.8, 4) is 5.75 Å². The number of ether oxygens (including phenoxy) is 1. The lowest BCUT2D eigenvalue weighted by atomic mass is 10.0. The van der Waals surface area contributed by atoms with Gasteiger partial charge in [0.05, 0.1) is 5.69 Å². The first-order chi connectivity index (χ1) is 12.5. The Balaban J connectivity index is 1.52. The van der Waals surface area contributed by atoms with Crippen LogP contribution in [0.4, 0.5) is 5.13 Å². The zero-order valence-corrected chi connectivity index (χ0v) is 16.5. The second kappa shape index (κ2) is 8.64. The molecule has 3 rings (SSSR count). The molecule has 0 radical (unpaired) electrons. The van der Waals surface area contributed by atoms with E-state index in [0.29, 0.717) is 10.9 Å². The van der Waals surface area contributed by atoms with Gasteiger partial charge in [0.2, 0.25) is 0 Å². The molecule has 1 aliphatic rings. The van der Waals surface area contributed by atoms with Crippen molar-refractivity contribution in [1.29, 1.82) is 0 Å². The van der Waals surface area contributed by atoms with Gasteiger partial charge in [-0.05, 0) is 56.8 Å². The first-order valence-electron chi connectivity index (χ1n) is 9.20. The highest BCUT2D eigenvalue weighted by Crippen LogP contribution is 2.21. The minimum atomic E-state index is -0.577. The van der Waals surface area contributed by atoms with Crippen molar-refractivity contribution < 1.29 is 9.53 Å². The third kappa shape index (κ3) is 5.29. The quantitative estimate of drug-likeness (QED) is 0.829. The topological polar surface area (TPSA) is 54.5 Å². The van der Waals surface area contributed by atoms with Gasteiger partial charge in [0, 0.05) is 18.5 Å². The molecule has 0 saturated carbocycles. The fraction of sp³-hybridized carbons (Fsp3) is 0.500. The number of anilines is 1. The van der Waals surface area contributed by atoms with Gasteiger partial charge < -0.3 is 4.74 Å². The SMILES string of the molecule is Cc1cccc(OC(C)C(=O)Nc2nc(CN3CCCC(C)C3)cs2)c1. The summed E-state index contributed by atoms with van der Waals surface area (Å²) in [6, 6.07) is 7.70. The highest BCUT2D eigenvalue weighted by Gasteiger charge is 2.19. The Kier molecular flexibility index (Phi) is 6.27. The fourth-order valence-corrected chi connectivity index (χ4v) is 3.95. The predicted molar refractivity (Wildman–Crippen MR) is 106 cm³/mol. The van der Waals surface area contributed by atoms with Crippen LogP contribution in [-0.4, -0.2) is 35.0 Å². The Morgan fingerprint density at radius 2 is 2.35 bits per heavy atom. The highest BCUT2D eigenvalue weighted by atomic mass is 32.1. The van der Waals surface area contributed by atoms with Crippen LogP contribution in [-0.2, 0) is 11.3 Å². The van der Waals surface area contributed by atoms with Gasteiger partial charge in [0.25, 0.3) is 5.91 Å². The lowest BCUT2D eigenvalue weighted by molar-refractivity contribution is -0.122. The van der Waals surface area contributed by atoms with Crippen molar-refractivity contribution >= 4 is 22.4 Å². The van der Waals surface area contributed by atoms with E-state index in [1.54, 1.807) is 6.92 Å². The highest BCUT2D eigenvalue weighted by molar-refractivity contribution is 7.13. The number of hydrogen-bond acceptors (Lipinski definition) is 5. The molecule has 1 saturated heterocycles. The number of piperidine rings is 1. The number of amides is 1. The lowest BCUT2D eigenvalue weighted by Crippen LogP contribution is -2.33. The molecule has 26 heavy (non-hydrogen) atoms. The molecule has 1 amide bonds. The van der Waals surface area contributed by atoms with Crippen LogP contribution in [0.3, 0.4) is 0 Å². The molecule has 5 nitrogen and oxygen atoms in total. The van der Waals surface area contributed by atoms with Gasteiger partial charge in [-0.1, -0.05) is 19.1 Å². The van der Waals surface area contributed by atoms with E-state index in [1.807, 2.05) is 36.6 Å². The number of rotatable bonds is 6. The summed E-state index contributed by atoms with van der Waals surface area (Å²) < 4.78 is 5.73. The largest absolute Gasteiger partial charge is 0.481 e. The Labute approximate surface area is 159 Å². The van der Waals surface area contributed by atoms with E-state index in [0.717, 1.165) is 36.8 Å². The summed E-state index contributed by atoms with van der Waals surface area (Å²) in [5.41, 5.74) is 2.12. The minimum Gasteiger partial charge on any atom is -0.481 e. The number of thiazole rings is 1. The van der Waals surface area contributed by atoms with E-state index >= 15 is 0 Å². The number of nitrogens with one attached hydrogen (secondary N) is 1. The maximum absolute atomic E-state index is 12.4. The molecule has 1 aromatic carbocycles. The summed E-state index contributed by atoms with van der Waals surface area (Å²) in [6.45, 7) is 9.16. The third-order valence-electron chi connectivity index (χ3n) is 4.58. The second-order valence-corrected chi connectivity index (χ2v) is 8.05. The number of nitrogens with zero attached hydrogens (tertiary/aromatic N) is 2. The molecule has 2 unspecified atom stereocenters. The van der Waals surface area contributed by atoms with Crippen molar-refractivity contribution in [3.05, 3.63) is 40.9 Å². The van der Waals surface area contributed by atoms with Gasteiger partial charge in [0.15, 0.2) is 11.2 Å². The van der Waals surface area contributed by atoms with E-state index in [4.69, 9.17) is 4.74 Å². The molecule has 0 aliphatic carbocycles. The van der Waals surface area contributed by atoms with Crippen molar-refractivity contribution in [2.24, 2.45) is 5.92 Å². The molecule has 1 N–H and O–H groups in total. The van der Waals surface area contributed by atoms with Gasteiger partial charge >= 0.3 is 0 Å². The molecule has 1 aromatic heterocycles. The number of aryl methyl sites for hydroxylation is 1. The van der Waals surface area contributed by atoms with Crippen molar-refractivity contribution in [3.63, 3.8) is 0 Å². The second-order valence-electron chi connectivity index (χ2n) is 7.19. The number of aromatic nitrogens is 1. The summed E-state index contributed by atoms with van der Waals surface area (Å²) in [5, 5.41) is 5.53. The van der Waals surface area contributed by atoms with Gasteiger partial charge in [-0.3, -0.25) is 15.0 Å². The first-order valence-corrected chi connectivity index (χ1v) is 10.1. The number of carbonyl (C=O) groups is 1. The first kappa shape index (κ1) is 18.9. The molecule has 6 heteroatoms. The number of hydrogen-bond donors (Lipinski definition) is 1. The number of benzene rings is 1. The molecule has 1 fully saturated rings. The summed E-state index contributed by atoms with van der Waals surface area (Å²) >= 11 is 1.47. The van der Waals surface area contributed by atoms with E-state index in [-0.39, 0.29) is 5.91 Å². The van der Waals surface area contributed by atoms with Gasteiger partial charge in [0.1, 0.15) is 5.75 Å². The molecule has 0 spiro atoms. The van der Waals surface area contributed by atoms with Crippen LogP contribution >= 0.6 is 11.3 Å². The average Bonchev–Trinajstić information content (AvgIpc) is 3.01. The van der Waals surface area contributed by atoms with E-state index in [9.17, 15) is 4.79 Å². The van der Waals surface area contributed by atoms with E-state index in [1.165, 1.54) is 24.2 Å². The normalized spacial score (nSPS) is 19.1. The van der Waals surface area contributed by atoms with Crippen LogP contribution in [0.2, 0.25) is 0 Å².